The second kappa shape index (κ2) is 6.10. The Morgan fingerprint density at radius 1 is 1.42 bits per heavy atom. The molecule has 6 nitrogen and oxygen atoms in total. The molecule has 6 heteroatoms. The first-order valence-electron chi connectivity index (χ1n) is 8.81. The van der Waals surface area contributed by atoms with Crippen LogP contribution in [0.15, 0.2) is 12.3 Å². The first-order chi connectivity index (χ1) is 11.6. The summed E-state index contributed by atoms with van der Waals surface area (Å²) in [5, 5.41) is 4.52. The lowest BCUT2D eigenvalue weighted by Gasteiger charge is -2.44. The Morgan fingerprint density at radius 3 is 3.04 bits per heavy atom. The highest BCUT2D eigenvalue weighted by molar-refractivity contribution is 5.47. The van der Waals surface area contributed by atoms with Crippen molar-refractivity contribution in [2.45, 2.75) is 51.4 Å². The summed E-state index contributed by atoms with van der Waals surface area (Å²) in [6.45, 7) is 7.77. The van der Waals surface area contributed by atoms with E-state index in [1.165, 1.54) is 5.56 Å². The highest BCUT2D eigenvalue weighted by Gasteiger charge is 2.47. The normalized spacial score (nSPS) is 28.2. The van der Waals surface area contributed by atoms with Gasteiger partial charge in [0.1, 0.15) is 5.60 Å². The number of rotatable bonds is 3. The fourth-order valence-corrected chi connectivity index (χ4v) is 4.36. The minimum Gasteiger partial charge on any atom is -0.378 e. The van der Waals surface area contributed by atoms with Gasteiger partial charge in [-0.1, -0.05) is 0 Å². The van der Waals surface area contributed by atoms with Crippen molar-refractivity contribution in [3.05, 3.63) is 29.2 Å². The molecule has 24 heavy (non-hydrogen) atoms. The molecule has 2 fully saturated rings. The fraction of sp³-hybridized carbons (Fsp3) is 0.667. The smallest absolute Gasteiger partial charge is 0.159 e. The Labute approximate surface area is 142 Å². The van der Waals surface area contributed by atoms with Crippen molar-refractivity contribution in [2.75, 3.05) is 26.8 Å². The molecule has 2 aliphatic heterocycles. The molecule has 0 aromatic carbocycles. The van der Waals surface area contributed by atoms with Gasteiger partial charge in [-0.3, -0.25) is 4.90 Å². The molecule has 0 radical (unpaired) electrons. The van der Waals surface area contributed by atoms with Crippen LogP contribution in [0.1, 0.15) is 36.2 Å². The van der Waals surface area contributed by atoms with Crippen LogP contribution in [0, 0.1) is 13.8 Å². The van der Waals surface area contributed by atoms with E-state index in [1.807, 2.05) is 24.7 Å². The summed E-state index contributed by atoms with van der Waals surface area (Å²) in [7, 11) is 1.81. The first-order valence-corrected chi connectivity index (χ1v) is 8.81. The SMILES string of the molecule is CO[C@H]1CCN(Cc2cnn3c(C)cc(C)nc23)C[C@@]12CCCO2. The minimum atomic E-state index is -0.130. The molecule has 0 aliphatic carbocycles. The van der Waals surface area contributed by atoms with Crippen LogP contribution in [0.2, 0.25) is 0 Å². The van der Waals surface area contributed by atoms with Crippen molar-refractivity contribution in [1.82, 2.24) is 19.5 Å². The Kier molecular flexibility index (Phi) is 4.06. The van der Waals surface area contributed by atoms with Gasteiger partial charge in [-0.15, -0.1) is 0 Å². The van der Waals surface area contributed by atoms with E-state index in [9.17, 15) is 0 Å². The van der Waals surface area contributed by atoms with Crippen LogP contribution in [0.4, 0.5) is 0 Å². The molecule has 0 unspecified atom stereocenters. The molecule has 0 N–H and O–H groups in total. The third kappa shape index (κ3) is 2.62. The van der Waals surface area contributed by atoms with E-state index in [2.05, 4.69) is 23.0 Å². The maximum atomic E-state index is 6.16. The van der Waals surface area contributed by atoms with Crippen molar-refractivity contribution < 1.29 is 9.47 Å². The highest BCUT2D eigenvalue weighted by atomic mass is 16.5. The lowest BCUT2D eigenvalue weighted by atomic mass is 9.86. The predicted molar refractivity (Wildman–Crippen MR) is 91.1 cm³/mol. The number of hydrogen-bond acceptors (Lipinski definition) is 5. The maximum Gasteiger partial charge on any atom is 0.159 e. The van der Waals surface area contributed by atoms with E-state index < -0.39 is 0 Å². The van der Waals surface area contributed by atoms with Gasteiger partial charge < -0.3 is 9.47 Å². The van der Waals surface area contributed by atoms with Gasteiger partial charge in [-0.2, -0.15) is 5.10 Å². The number of ether oxygens (including phenoxy) is 2. The van der Waals surface area contributed by atoms with Crippen molar-refractivity contribution in [1.29, 1.82) is 0 Å². The van der Waals surface area contributed by atoms with Crippen molar-refractivity contribution in [2.24, 2.45) is 0 Å². The molecule has 2 aliphatic rings. The zero-order chi connectivity index (χ0) is 16.7. The third-order valence-electron chi connectivity index (χ3n) is 5.45. The van der Waals surface area contributed by atoms with Crippen LogP contribution in [-0.4, -0.2) is 58.0 Å². The van der Waals surface area contributed by atoms with Crippen LogP contribution in [0.3, 0.4) is 0 Å². The number of aromatic nitrogens is 3. The van der Waals surface area contributed by atoms with Crippen LogP contribution in [-0.2, 0) is 16.0 Å². The van der Waals surface area contributed by atoms with E-state index in [0.717, 1.165) is 62.5 Å². The molecule has 0 amide bonds. The molecule has 4 rings (SSSR count). The van der Waals surface area contributed by atoms with E-state index in [4.69, 9.17) is 14.5 Å². The monoisotopic (exact) mass is 330 g/mol. The second-order valence-electron chi connectivity index (χ2n) is 7.18. The molecule has 130 valence electrons. The van der Waals surface area contributed by atoms with Crippen LogP contribution in [0.25, 0.3) is 5.65 Å². The first kappa shape index (κ1) is 16.0. The topological polar surface area (TPSA) is 51.9 Å². The average molecular weight is 330 g/mol. The zero-order valence-corrected chi connectivity index (χ0v) is 14.8. The van der Waals surface area contributed by atoms with Gasteiger partial charge in [0.25, 0.3) is 0 Å². The summed E-state index contributed by atoms with van der Waals surface area (Å²) in [5.74, 6) is 0. The number of piperidine rings is 1. The molecule has 2 saturated heterocycles. The average Bonchev–Trinajstić information content (AvgIpc) is 3.16. The molecular weight excluding hydrogens is 304 g/mol. The predicted octanol–water partition coefficient (Wildman–Crippen LogP) is 2.12. The molecule has 0 bridgehead atoms. The van der Waals surface area contributed by atoms with Gasteiger partial charge in [-0.25, -0.2) is 9.50 Å². The van der Waals surface area contributed by atoms with Gasteiger partial charge in [0.2, 0.25) is 0 Å². The molecule has 2 atom stereocenters. The molecular formula is C18H26N4O2. The van der Waals surface area contributed by atoms with Crippen molar-refractivity contribution >= 4 is 5.65 Å². The van der Waals surface area contributed by atoms with E-state index in [-0.39, 0.29) is 11.7 Å². The Balaban J connectivity index is 1.58. The molecule has 2 aromatic rings. The number of likely N-dealkylation sites (tertiary alicyclic amines) is 1. The Hall–Kier alpha value is -1.50. The van der Waals surface area contributed by atoms with Crippen molar-refractivity contribution in [3.8, 4) is 0 Å². The summed E-state index contributed by atoms with van der Waals surface area (Å²) < 4.78 is 13.8. The third-order valence-corrected chi connectivity index (χ3v) is 5.45. The fourth-order valence-electron chi connectivity index (χ4n) is 4.36. The summed E-state index contributed by atoms with van der Waals surface area (Å²) >= 11 is 0. The van der Waals surface area contributed by atoms with E-state index >= 15 is 0 Å². The van der Waals surface area contributed by atoms with E-state index in [0.29, 0.717) is 0 Å². The summed E-state index contributed by atoms with van der Waals surface area (Å²) in [6.07, 6.45) is 5.40. The lowest BCUT2D eigenvalue weighted by Crippen LogP contribution is -2.56. The Bertz CT molecular complexity index is 736. The summed E-state index contributed by atoms with van der Waals surface area (Å²) in [5.41, 5.74) is 4.19. The highest BCUT2D eigenvalue weighted by Crippen LogP contribution is 2.36. The summed E-state index contributed by atoms with van der Waals surface area (Å²) in [4.78, 5) is 7.17. The molecule has 4 heterocycles. The molecule has 2 aromatic heterocycles. The summed E-state index contributed by atoms with van der Waals surface area (Å²) in [6, 6.07) is 2.06. The maximum absolute atomic E-state index is 6.16. The molecule has 0 saturated carbocycles. The van der Waals surface area contributed by atoms with Crippen molar-refractivity contribution in [3.63, 3.8) is 0 Å². The Morgan fingerprint density at radius 2 is 2.29 bits per heavy atom. The standard InChI is InChI=1S/C18H26N4O2/c1-13-9-14(2)22-17(20-13)15(10-19-22)11-21-7-5-16(23-3)18(12-21)6-4-8-24-18/h9-10,16H,4-8,11-12H2,1-3H3/t16-,18-/m0/s1. The van der Waals surface area contributed by atoms with Gasteiger partial charge in [0, 0.05) is 50.3 Å². The number of fused-ring (bicyclic) bond motifs is 1. The number of methoxy groups -OCH3 is 1. The number of hydrogen-bond donors (Lipinski definition) is 0. The zero-order valence-electron chi connectivity index (χ0n) is 14.8. The quantitative estimate of drug-likeness (QED) is 0.863. The van der Waals surface area contributed by atoms with Gasteiger partial charge in [0.15, 0.2) is 5.65 Å². The second-order valence-corrected chi connectivity index (χ2v) is 7.18. The minimum absolute atomic E-state index is 0.130. The number of nitrogens with zero attached hydrogens (tertiary/aromatic N) is 4. The van der Waals surface area contributed by atoms with Crippen LogP contribution < -0.4 is 0 Å². The van der Waals surface area contributed by atoms with Gasteiger partial charge >= 0.3 is 0 Å². The van der Waals surface area contributed by atoms with Gasteiger partial charge in [0.05, 0.1) is 12.3 Å². The largest absolute Gasteiger partial charge is 0.378 e. The van der Waals surface area contributed by atoms with Gasteiger partial charge in [-0.05, 0) is 39.2 Å². The number of aryl methyl sites for hydroxylation is 2. The van der Waals surface area contributed by atoms with E-state index in [1.54, 1.807) is 0 Å². The van der Waals surface area contributed by atoms with Crippen LogP contribution in [0.5, 0.6) is 0 Å². The van der Waals surface area contributed by atoms with Crippen LogP contribution >= 0.6 is 0 Å². The molecule has 1 spiro atoms. The lowest BCUT2D eigenvalue weighted by molar-refractivity contribution is -0.145.